The standard InChI is InChI=1S/C11H13Br2NO.ClH/c12-7-3-4-8(13)11(15)10(7)9(14)5-6-1-2-6;/h3-4,6,9,15H,1-2,5,14H2;1H/t9-;/m1./s1. The summed E-state index contributed by atoms with van der Waals surface area (Å²) in [5.74, 6) is 1.02. The Hall–Kier alpha value is 0.230. The Morgan fingerprint density at radius 1 is 1.31 bits per heavy atom. The molecule has 5 heteroatoms. The molecule has 0 saturated heterocycles. The van der Waals surface area contributed by atoms with Crippen LogP contribution >= 0.6 is 44.3 Å². The largest absolute Gasteiger partial charge is 0.506 e. The second-order valence-corrected chi connectivity index (χ2v) is 5.79. The summed E-state index contributed by atoms with van der Waals surface area (Å²) in [6.07, 6.45) is 3.52. The molecule has 0 bridgehead atoms. The number of rotatable bonds is 3. The zero-order valence-corrected chi connectivity index (χ0v) is 12.6. The lowest BCUT2D eigenvalue weighted by Crippen LogP contribution is -2.12. The van der Waals surface area contributed by atoms with Gasteiger partial charge in [0.05, 0.1) is 4.47 Å². The van der Waals surface area contributed by atoms with Gasteiger partial charge in [-0.25, -0.2) is 0 Å². The van der Waals surface area contributed by atoms with Gasteiger partial charge in [-0.1, -0.05) is 28.8 Å². The first kappa shape index (κ1) is 14.3. The predicted molar refractivity (Wildman–Crippen MR) is 75.0 cm³/mol. The fourth-order valence-electron chi connectivity index (χ4n) is 1.74. The Morgan fingerprint density at radius 3 is 2.44 bits per heavy atom. The topological polar surface area (TPSA) is 46.2 Å². The normalized spacial score (nSPS) is 16.7. The molecule has 1 saturated carbocycles. The predicted octanol–water partition coefficient (Wildman–Crippen LogP) is 4.14. The highest BCUT2D eigenvalue weighted by Gasteiger charge is 2.27. The first-order chi connectivity index (χ1) is 7.09. The average molecular weight is 372 g/mol. The molecule has 0 radical (unpaired) electrons. The van der Waals surface area contributed by atoms with E-state index in [0.29, 0.717) is 4.47 Å². The van der Waals surface area contributed by atoms with E-state index in [9.17, 15) is 5.11 Å². The molecule has 2 nitrogen and oxygen atoms in total. The summed E-state index contributed by atoms with van der Waals surface area (Å²) in [6.45, 7) is 0. The minimum atomic E-state index is -0.0793. The summed E-state index contributed by atoms with van der Waals surface area (Å²) >= 11 is 6.74. The van der Waals surface area contributed by atoms with E-state index in [1.165, 1.54) is 12.8 Å². The lowest BCUT2D eigenvalue weighted by Gasteiger charge is -2.16. The minimum Gasteiger partial charge on any atom is -0.506 e. The van der Waals surface area contributed by atoms with E-state index in [4.69, 9.17) is 5.73 Å². The Kier molecular flexibility index (Phi) is 5.10. The monoisotopic (exact) mass is 369 g/mol. The Balaban J connectivity index is 0.00000128. The maximum atomic E-state index is 9.93. The summed E-state index contributed by atoms with van der Waals surface area (Å²) in [7, 11) is 0. The molecule has 1 fully saturated rings. The van der Waals surface area contributed by atoms with Crippen LogP contribution in [0.25, 0.3) is 0 Å². The van der Waals surface area contributed by atoms with Gasteiger partial charge >= 0.3 is 0 Å². The smallest absolute Gasteiger partial charge is 0.135 e. The fourth-order valence-corrected chi connectivity index (χ4v) is 2.70. The van der Waals surface area contributed by atoms with Gasteiger partial charge in [0.25, 0.3) is 0 Å². The number of hydrogen-bond donors (Lipinski definition) is 2. The third-order valence-electron chi connectivity index (χ3n) is 2.77. The van der Waals surface area contributed by atoms with E-state index in [2.05, 4.69) is 31.9 Å². The molecule has 90 valence electrons. The molecular formula is C11H14Br2ClNO. The van der Waals surface area contributed by atoms with Crippen LogP contribution in [0.15, 0.2) is 21.1 Å². The fraction of sp³-hybridized carbons (Fsp3) is 0.455. The van der Waals surface area contributed by atoms with Crippen LogP contribution in [0.2, 0.25) is 0 Å². The molecule has 1 aromatic rings. The van der Waals surface area contributed by atoms with Crippen LogP contribution in [0.1, 0.15) is 30.9 Å². The number of phenolic OH excluding ortho intramolecular Hbond substituents is 1. The van der Waals surface area contributed by atoms with Crippen molar-refractivity contribution in [2.24, 2.45) is 11.7 Å². The number of aromatic hydroxyl groups is 1. The zero-order valence-electron chi connectivity index (χ0n) is 8.62. The lowest BCUT2D eigenvalue weighted by molar-refractivity contribution is 0.451. The number of nitrogens with two attached hydrogens (primary N) is 1. The van der Waals surface area contributed by atoms with Crippen LogP contribution in [0.4, 0.5) is 0 Å². The average Bonchev–Trinajstić information content (AvgIpc) is 2.96. The van der Waals surface area contributed by atoms with Crippen molar-refractivity contribution >= 4 is 44.3 Å². The van der Waals surface area contributed by atoms with Crippen LogP contribution < -0.4 is 5.73 Å². The van der Waals surface area contributed by atoms with E-state index < -0.39 is 0 Å². The van der Waals surface area contributed by atoms with Crippen LogP contribution in [0.3, 0.4) is 0 Å². The van der Waals surface area contributed by atoms with E-state index >= 15 is 0 Å². The van der Waals surface area contributed by atoms with Gasteiger partial charge in [-0.3, -0.25) is 0 Å². The molecule has 1 atom stereocenters. The van der Waals surface area contributed by atoms with Gasteiger partial charge in [0.15, 0.2) is 0 Å². The molecule has 3 N–H and O–H groups in total. The van der Waals surface area contributed by atoms with Gasteiger partial charge in [-0.15, -0.1) is 12.4 Å². The molecule has 0 aliphatic heterocycles. The van der Waals surface area contributed by atoms with Gasteiger partial charge in [0.1, 0.15) is 5.75 Å². The van der Waals surface area contributed by atoms with Gasteiger partial charge in [0, 0.05) is 16.1 Å². The summed E-state index contributed by atoms with van der Waals surface area (Å²) in [6, 6.07) is 3.64. The Morgan fingerprint density at radius 2 is 1.88 bits per heavy atom. The summed E-state index contributed by atoms with van der Waals surface area (Å²) < 4.78 is 1.59. The van der Waals surface area contributed by atoms with E-state index in [0.717, 1.165) is 22.4 Å². The van der Waals surface area contributed by atoms with Gasteiger partial charge in [-0.2, -0.15) is 0 Å². The van der Waals surface area contributed by atoms with E-state index in [-0.39, 0.29) is 24.2 Å². The number of phenols is 1. The molecule has 16 heavy (non-hydrogen) atoms. The van der Waals surface area contributed by atoms with Crippen LogP contribution in [0.5, 0.6) is 5.75 Å². The molecular weight excluding hydrogens is 357 g/mol. The van der Waals surface area contributed by atoms with E-state index in [1.54, 1.807) is 0 Å². The summed E-state index contributed by atoms with van der Waals surface area (Å²) in [5, 5.41) is 9.93. The molecule has 0 amide bonds. The molecule has 0 spiro atoms. The van der Waals surface area contributed by atoms with Crippen molar-refractivity contribution in [1.29, 1.82) is 0 Å². The van der Waals surface area contributed by atoms with Crippen molar-refractivity contribution < 1.29 is 5.11 Å². The van der Waals surface area contributed by atoms with Crippen molar-refractivity contribution in [2.45, 2.75) is 25.3 Å². The third-order valence-corrected chi connectivity index (χ3v) is 4.10. The number of hydrogen-bond acceptors (Lipinski definition) is 2. The molecule has 1 aliphatic rings. The summed E-state index contributed by atoms with van der Waals surface area (Å²) in [5.41, 5.74) is 6.91. The highest BCUT2D eigenvalue weighted by Crippen LogP contribution is 2.42. The van der Waals surface area contributed by atoms with Crippen molar-refractivity contribution in [2.75, 3.05) is 0 Å². The maximum absolute atomic E-state index is 9.93. The van der Waals surface area contributed by atoms with Gasteiger partial charge in [0.2, 0.25) is 0 Å². The second-order valence-electron chi connectivity index (χ2n) is 4.08. The Labute approximate surface area is 118 Å². The van der Waals surface area contributed by atoms with Crippen molar-refractivity contribution in [3.05, 3.63) is 26.6 Å². The summed E-state index contributed by atoms with van der Waals surface area (Å²) in [4.78, 5) is 0. The second kappa shape index (κ2) is 5.71. The molecule has 2 rings (SSSR count). The first-order valence-electron chi connectivity index (χ1n) is 5.02. The Bertz CT molecular complexity index is 382. The third kappa shape index (κ3) is 3.13. The highest BCUT2D eigenvalue weighted by atomic mass is 79.9. The molecule has 0 unspecified atom stereocenters. The SMILES string of the molecule is Cl.N[C@H](CC1CC1)c1c(Br)ccc(Br)c1O. The van der Waals surface area contributed by atoms with Crippen molar-refractivity contribution in [3.63, 3.8) is 0 Å². The maximum Gasteiger partial charge on any atom is 0.135 e. The van der Waals surface area contributed by atoms with Crippen LogP contribution in [-0.4, -0.2) is 5.11 Å². The lowest BCUT2D eigenvalue weighted by atomic mass is 10.0. The molecule has 1 aromatic carbocycles. The first-order valence-corrected chi connectivity index (χ1v) is 6.60. The highest BCUT2D eigenvalue weighted by molar-refractivity contribution is 9.11. The quantitative estimate of drug-likeness (QED) is 0.839. The van der Waals surface area contributed by atoms with Gasteiger partial charge < -0.3 is 10.8 Å². The van der Waals surface area contributed by atoms with Gasteiger partial charge in [-0.05, 0) is 40.4 Å². The van der Waals surface area contributed by atoms with Crippen molar-refractivity contribution in [1.82, 2.24) is 0 Å². The number of halogens is 3. The number of benzene rings is 1. The zero-order chi connectivity index (χ0) is 11.0. The van der Waals surface area contributed by atoms with Crippen molar-refractivity contribution in [3.8, 4) is 5.75 Å². The molecule has 0 aromatic heterocycles. The van der Waals surface area contributed by atoms with Crippen LogP contribution in [0, 0.1) is 5.92 Å². The minimum absolute atomic E-state index is 0. The van der Waals surface area contributed by atoms with Crippen LogP contribution in [-0.2, 0) is 0 Å². The van der Waals surface area contributed by atoms with E-state index in [1.807, 2.05) is 12.1 Å². The molecule has 0 heterocycles. The molecule has 1 aliphatic carbocycles.